The lowest BCUT2D eigenvalue weighted by atomic mass is 10.00. The second-order valence-corrected chi connectivity index (χ2v) is 18.4. The molecule has 0 amide bonds. The molecule has 0 spiro atoms. The molecule has 0 saturated heterocycles. The molecule has 7 aromatic carbocycles. The molecule has 3 aromatic heterocycles. The number of para-hydroxylation sites is 3. The highest BCUT2D eigenvalue weighted by atomic mass is 28.3. The van der Waals surface area contributed by atoms with Crippen LogP contribution in [0.25, 0.3) is 50.0 Å². The van der Waals surface area contributed by atoms with E-state index in [-0.39, 0.29) is 0 Å². The van der Waals surface area contributed by atoms with Crippen LogP contribution >= 0.6 is 0 Å². The van der Waals surface area contributed by atoms with Crippen LogP contribution in [0.15, 0.2) is 188 Å². The minimum absolute atomic E-state index is 0.559. The predicted molar refractivity (Wildman–Crippen MR) is 231 cm³/mol. The summed E-state index contributed by atoms with van der Waals surface area (Å²) in [5, 5.41) is 6.95. The summed E-state index contributed by atoms with van der Waals surface area (Å²) in [6.07, 6.45) is 0.457. The average molecular weight is 755 g/mol. The number of pyridine rings is 1. The van der Waals surface area contributed by atoms with E-state index in [0.717, 1.165) is 61.5 Å². The molecule has 0 saturated carbocycles. The summed E-state index contributed by atoms with van der Waals surface area (Å²) in [4.78, 5) is 9.83. The first-order chi connectivity index (χ1) is 28.1. The zero-order valence-corrected chi connectivity index (χ0v) is 32.1. The average Bonchev–Trinajstić information content (AvgIpc) is 3.81. The highest BCUT2D eigenvalue weighted by molar-refractivity contribution is 7.20. The van der Waals surface area contributed by atoms with Gasteiger partial charge in [0, 0.05) is 29.9 Å². The van der Waals surface area contributed by atoms with Crippen LogP contribution in [0.2, 0.25) is 0 Å². The zero-order valence-electron chi connectivity index (χ0n) is 31.1. The van der Waals surface area contributed by atoms with Gasteiger partial charge in [-0.3, -0.25) is 4.57 Å². The maximum absolute atomic E-state index is 16.8. The molecule has 1 atom stereocenters. The lowest BCUT2D eigenvalue weighted by Gasteiger charge is -2.39. The van der Waals surface area contributed by atoms with Gasteiger partial charge in [0.2, 0.25) is 0 Å². The molecule has 1 aliphatic rings. The van der Waals surface area contributed by atoms with E-state index in [1.807, 2.05) is 92.1 Å². The van der Waals surface area contributed by atoms with Crippen molar-refractivity contribution in [1.29, 1.82) is 0 Å². The number of imidazole rings is 1. The molecular weight excluding hydrogens is 720 g/mol. The summed E-state index contributed by atoms with van der Waals surface area (Å²) in [5.74, 6) is 2.51. The molecule has 5 nitrogen and oxygen atoms in total. The summed E-state index contributed by atoms with van der Waals surface area (Å²) in [6.45, 7) is 0. The topological polar surface area (TPSA) is 44.9 Å². The van der Waals surface area contributed by atoms with Crippen molar-refractivity contribution >= 4 is 61.8 Å². The Balaban J connectivity index is 1.09. The van der Waals surface area contributed by atoms with E-state index >= 15 is 4.39 Å². The number of aromatic nitrogens is 4. The highest BCUT2D eigenvalue weighted by Gasteiger charge is 2.48. The molecule has 10 aromatic rings. The standard InChI is InChI=1S/C50H35FN4OSi/c1-54-41-25-9-8-24-40(41)53-49(54)35-17-12-15-33(31-35)47(51)34-16-13-18-36(32-34)55-42-28-29-45-48(46(42)39-23-14-30-52-50(39)55)56-43-26-10-11-27-44(43)57(45,37-19-4-2-5-20-37)38-21-6-3-7-22-38/h2-32,47H,1H3. The van der Waals surface area contributed by atoms with Crippen LogP contribution in [0.5, 0.6) is 11.5 Å². The minimum Gasteiger partial charge on any atom is -0.457 e. The zero-order chi connectivity index (χ0) is 38.1. The third-order valence-electron chi connectivity index (χ3n) is 11.6. The van der Waals surface area contributed by atoms with Crippen LogP contribution in [0, 0.1) is 0 Å². The molecule has 0 aliphatic carbocycles. The van der Waals surface area contributed by atoms with Gasteiger partial charge < -0.3 is 9.30 Å². The summed E-state index contributed by atoms with van der Waals surface area (Å²) in [7, 11) is -0.865. The van der Waals surface area contributed by atoms with Gasteiger partial charge in [0.15, 0.2) is 14.2 Å². The van der Waals surface area contributed by atoms with Gasteiger partial charge in [-0.15, -0.1) is 0 Å². The van der Waals surface area contributed by atoms with Gasteiger partial charge in [0.05, 0.1) is 21.9 Å². The number of aryl methyl sites for hydroxylation is 1. The van der Waals surface area contributed by atoms with Crippen molar-refractivity contribution in [3.8, 4) is 28.6 Å². The monoisotopic (exact) mass is 754 g/mol. The summed E-state index contributed by atoms with van der Waals surface area (Å²) >= 11 is 0. The van der Waals surface area contributed by atoms with Gasteiger partial charge in [0.25, 0.3) is 0 Å². The number of hydrogen-bond donors (Lipinski definition) is 0. The lowest BCUT2D eigenvalue weighted by Crippen LogP contribution is -2.76. The Morgan fingerprint density at radius 3 is 2.11 bits per heavy atom. The fourth-order valence-electron chi connectivity index (χ4n) is 9.10. The Kier molecular flexibility index (Phi) is 7.59. The Labute approximate surface area is 329 Å². The van der Waals surface area contributed by atoms with E-state index in [4.69, 9.17) is 14.7 Å². The van der Waals surface area contributed by atoms with E-state index in [0.29, 0.717) is 11.1 Å². The number of benzene rings is 7. The van der Waals surface area contributed by atoms with Gasteiger partial charge in [-0.25, -0.2) is 14.4 Å². The first kappa shape index (κ1) is 33.3. The van der Waals surface area contributed by atoms with Crippen LogP contribution in [0.3, 0.4) is 0 Å². The fourth-order valence-corrected chi connectivity index (χ4v) is 14.1. The first-order valence-electron chi connectivity index (χ1n) is 19.2. The molecule has 272 valence electrons. The van der Waals surface area contributed by atoms with Crippen molar-refractivity contribution in [2.24, 2.45) is 7.05 Å². The summed E-state index contributed by atoms with van der Waals surface area (Å²) in [5.41, 5.74) is 6.50. The Bertz CT molecular complexity index is 3120. The van der Waals surface area contributed by atoms with Gasteiger partial charge in [-0.1, -0.05) is 127 Å². The second-order valence-electron chi connectivity index (χ2n) is 14.7. The summed E-state index contributed by atoms with van der Waals surface area (Å²) < 4.78 is 28.1. The van der Waals surface area contributed by atoms with Crippen molar-refractivity contribution < 1.29 is 9.13 Å². The van der Waals surface area contributed by atoms with Gasteiger partial charge in [-0.2, -0.15) is 0 Å². The van der Waals surface area contributed by atoms with Gasteiger partial charge >= 0.3 is 0 Å². The van der Waals surface area contributed by atoms with Crippen molar-refractivity contribution in [2.45, 2.75) is 6.17 Å². The molecule has 1 aliphatic heterocycles. The number of halogens is 1. The maximum Gasteiger partial charge on any atom is 0.188 e. The van der Waals surface area contributed by atoms with Crippen LogP contribution in [-0.4, -0.2) is 27.2 Å². The molecule has 4 heterocycles. The van der Waals surface area contributed by atoms with E-state index in [1.165, 1.54) is 20.7 Å². The molecule has 57 heavy (non-hydrogen) atoms. The highest BCUT2D eigenvalue weighted by Crippen LogP contribution is 2.41. The number of rotatable bonds is 6. The quantitative estimate of drug-likeness (QED) is 0.159. The number of alkyl halides is 1. The first-order valence-corrected chi connectivity index (χ1v) is 21.2. The number of hydrogen-bond acceptors (Lipinski definition) is 3. The lowest BCUT2D eigenvalue weighted by molar-refractivity contribution is 0.402. The molecule has 0 bridgehead atoms. The van der Waals surface area contributed by atoms with Crippen LogP contribution < -0.4 is 25.5 Å². The van der Waals surface area contributed by atoms with E-state index in [9.17, 15) is 0 Å². The molecule has 7 heteroatoms. The normalized spacial score (nSPS) is 13.6. The fraction of sp³-hybridized carbons (Fsp3) is 0.0400. The third kappa shape index (κ3) is 4.99. The molecule has 1 unspecified atom stereocenters. The van der Waals surface area contributed by atoms with E-state index in [1.54, 1.807) is 0 Å². The summed E-state index contributed by atoms with van der Waals surface area (Å²) in [6, 6.07) is 62.4. The van der Waals surface area contributed by atoms with Gasteiger partial charge in [-0.05, 0) is 86.5 Å². The SMILES string of the molecule is Cn1c(-c2cccc(C(F)c3cccc(-n4c5ccc6c(c5c5cccnc54)Oc4ccccc4[Si]6(c4ccccc4)c4ccccc4)c3)c2)nc2ccccc21. The minimum atomic E-state index is -2.87. The van der Waals surface area contributed by atoms with E-state index < -0.39 is 14.2 Å². The smallest absolute Gasteiger partial charge is 0.188 e. The second kappa shape index (κ2) is 13.0. The van der Waals surface area contributed by atoms with E-state index in [2.05, 4.69) is 112 Å². The van der Waals surface area contributed by atoms with Crippen LogP contribution in [-0.2, 0) is 7.05 Å². The predicted octanol–water partition coefficient (Wildman–Crippen LogP) is 9.27. The maximum atomic E-state index is 16.8. The molecule has 0 N–H and O–H groups in total. The Hall–Kier alpha value is -7.09. The molecule has 11 rings (SSSR count). The van der Waals surface area contributed by atoms with Crippen molar-refractivity contribution in [3.05, 3.63) is 199 Å². The number of nitrogens with zero attached hydrogens (tertiary/aromatic N) is 4. The van der Waals surface area contributed by atoms with Crippen molar-refractivity contribution in [3.63, 3.8) is 0 Å². The molecular formula is C50H35FN4OSi. The largest absolute Gasteiger partial charge is 0.457 e. The molecule has 0 radical (unpaired) electrons. The Morgan fingerprint density at radius 1 is 0.614 bits per heavy atom. The van der Waals surface area contributed by atoms with Crippen molar-refractivity contribution in [2.75, 3.05) is 0 Å². The van der Waals surface area contributed by atoms with Crippen molar-refractivity contribution in [1.82, 2.24) is 19.1 Å². The third-order valence-corrected chi connectivity index (χ3v) is 16.4. The number of ether oxygens (including phenoxy) is 1. The Morgan fingerprint density at radius 2 is 1.32 bits per heavy atom. The number of fused-ring (bicyclic) bond motifs is 7. The van der Waals surface area contributed by atoms with Gasteiger partial charge in [0.1, 0.15) is 23.0 Å². The van der Waals surface area contributed by atoms with Crippen LogP contribution in [0.1, 0.15) is 17.3 Å². The van der Waals surface area contributed by atoms with Crippen LogP contribution in [0.4, 0.5) is 4.39 Å². The molecule has 0 fully saturated rings.